The van der Waals surface area contributed by atoms with Gasteiger partial charge in [-0.15, -0.1) is 0 Å². The van der Waals surface area contributed by atoms with E-state index >= 15 is 0 Å². The lowest BCUT2D eigenvalue weighted by Gasteiger charge is -2.19. The Kier molecular flexibility index (Phi) is 6.36. The number of para-hydroxylation sites is 1. The highest BCUT2D eigenvalue weighted by Crippen LogP contribution is 2.22. The smallest absolute Gasteiger partial charge is 0.319 e. The van der Waals surface area contributed by atoms with Gasteiger partial charge in [0.15, 0.2) is 0 Å². The minimum atomic E-state index is -0.162. The van der Waals surface area contributed by atoms with Crippen LogP contribution >= 0.6 is 0 Å². The fraction of sp³-hybridized carbons (Fsp3) is 0.533. The molecule has 1 aromatic carbocycles. The molecule has 0 aliphatic rings. The highest BCUT2D eigenvalue weighted by Gasteiger charge is 2.11. The van der Waals surface area contributed by atoms with Crippen LogP contribution in [0.1, 0.15) is 45.7 Å². The van der Waals surface area contributed by atoms with E-state index in [0.29, 0.717) is 0 Å². The summed E-state index contributed by atoms with van der Waals surface area (Å²) in [6, 6.07) is 8.08. The van der Waals surface area contributed by atoms with Crippen molar-refractivity contribution in [2.45, 2.75) is 46.2 Å². The van der Waals surface area contributed by atoms with E-state index in [1.807, 2.05) is 38.1 Å². The van der Waals surface area contributed by atoms with E-state index in [0.717, 1.165) is 24.2 Å². The van der Waals surface area contributed by atoms with Gasteiger partial charge in [0.2, 0.25) is 0 Å². The quantitative estimate of drug-likeness (QED) is 0.737. The first-order valence-electron chi connectivity index (χ1n) is 6.94. The topological polar surface area (TPSA) is 53.2 Å². The molecule has 0 spiro atoms. The maximum atomic E-state index is 11.8. The summed E-state index contributed by atoms with van der Waals surface area (Å²) >= 11 is 0. The SMILES string of the molecule is CCCNC(C)c1ccccc1NC(=O)NC(C)C. The van der Waals surface area contributed by atoms with Gasteiger partial charge in [0.1, 0.15) is 0 Å². The molecular weight excluding hydrogens is 238 g/mol. The van der Waals surface area contributed by atoms with Crippen LogP contribution in [0.25, 0.3) is 0 Å². The molecule has 0 aliphatic carbocycles. The van der Waals surface area contributed by atoms with Crippen molar-refractivity contribution in [3.05, 3.63) is 29.8 Å². The van der Waals surface area contributed by atoms with Crippen LogP contribution in [0.3, 0.4) is 0 Å². The van der Waals surface area contributed by atoms with Crippen LogP contribution in [0, 0.1) is 0 Å². The van der Waals surface area contributed by atoms with Crippen LogP contribution in [0.2, 0.25) is 0 Å². The van der Waals surface area contributed by atoms with Gasteiger partial charge in [-0.3, -0.25) is 0 Å². The van der Waals surface area contributed by atoms with Crippen LogP contribution < -0.4 is 16.0 Å². The summed E-state index contributed by atoms with van der Waals surface area (Å²) in [7, 11) is 0. The number of rotatable bonds is 6. The normalized spacial score (nSPS) is 12.3. The van der Waals surface area contributed by atoms with Crippen LogP contribution in [-0.2, 0) is 0 Å². The molecule has 3 N–H and O–H groups in total. The molecule has 0 saturated heterocycles. The van der Waals surface area contributed by atoms with Crippen molar-refractivity contribution in [1.82, 2.24) is 10.6 Å². The molecule has 1 atom stereocenters. The lowest BCUT2D eigenvalue weighted by atomic mass is 10.1. The Hall–Kier alpha value is -1.55. The van der Waals surface area contributed by atoms with E-state index < -0.39 is 0 Å². The summed E-state index contributed by atoms with van der Waals surface area (Å²) in [4.78, 5) is 11.8. The van der Waals surface area contributed by atoms with Crippen molar-refractivity contribution in [2.75, 3.05) is 11.9 Å². The second kappa shape index (κ2) is 7.79. The first-order valence-corrected chi connectivity index (χ1v) is 6.94. The van der Waals surface area contributed by atoms with Crippen LogP contribution in [-0.4, -0.2) is 18.6 Å². The third-order valence-electron chi connectivity index (χ3n) is 2.80. The lowest BCUT2D eigenvalue weighted by Crippen LogP contribution is -2.34. The molecule has 0 saturated carbocycles. The number of amides is 2. The van der Waals surface area contributed by atoms with E-state index in [1.165, 1.54) is 0 Å². The Bertz CT molecular complexity index is 404. The Morgan fingerprint density at radius 3 is 2.53 bits per heavy atom. The van der Waals surface area contributed by atoms with Gasteiger partial charge in [-0.2, -0.15) is 0 Å². The molecule has 0 bridgehead atoms. The Labute approximate surface area is 116 Å². The van der Waals surface area contributed by atoms with Gasteiger partial charge < -0.3 is 16.0 Å². The van der Waals surface area contributed by atoms with Crippen molar-refractivity contribution in [3.8, 4) is 0 Å². The standard InChI is InChI=1S/C15H25N3O/c1-5-10-16-12(4)13-8-6-7-9-14(13)18-15(19)17-11(2)3/h6-9,11-12,16H,5,10H2,1-4H3,(H2,17,18,19). The second-order valence-corrected chi connectivity index (χ2v) is 5.02. The molecule has 4 heteroatoms. The van der Waals surface area contributed by atoms with Crippen LogP contribution in [0.15, 0.2) is 24.3 Å². The van der Waals surface area contributed by atoms with Gasteiger partial charge in [-0.25, -0.2) is 4.79 Å². The predicted molar refractivity (Wildman–Crippen MR) is 80.4 cm³/mol. The molecule has 0 radical (unpaired) electrons. The third kappa shape index (κ3) is 5.30. The van der Waals surface area contributed by atoms with Gasteiger partial charge in [-0.1, -0.05) is 25.1 Å². The zero-order chi connectivity index (χ0) is 14.3. The predicted octanol–water partition coefficient (Wildman–Crippen LogP) is 3.28. The summed E-state index contributed by atoms with van der Waals surface area (Å²) in [5, 5.41) is 9.17. The lowest BCUT2D eigenvalue weighted by molar-refractivity contribution is 0.250. The van der Waals surface area contributed by atoms with Gasteiger partial charge in [0.05, 0.1) is 0 Å². The highest BCUT2D eigenvalue weighted by molar-refractivity contribution is 5.90. The monoisotopic (exact) mass is 263 g/mol. The van der Waals surface area contributed by atoms with Crippen molar-refractivity contribution in [3.63, 3.8) is 0 Å². The number of hydrogen-bond donors (Lipinski definition) is 3. The number of carbonyl (C=O) groups excluding carboxylic acids is 1. The Balaban J connectivity index is 2.75. The minimum absolute atomic E-state index is 0.128. The molecule has 0 aliphatic heterocycles. The molecule has 1 unspecified atom stereocenters. The number of benzene rings is 1. The maximum Gasteiger partial charge on any atom is 0.319 e. The second-order valence-electron chi connectivity index (χ2n) is 5.02. The number of hydrogen-bond acceptors (Lipinski definition) is 2. The number of nitrogens with one attached hydrogen (secondary N) is 3. The van der Waals surface area contributed by atoms with E-state index in [9.17, 15) is 4.79 Å². The molecule has 0 aromatic heterocycles. The number of anilines is 1. The fourth-order valence-electron chi connectivity index (χ4n) is 1.88. The zero-order valence-electron chi connectivity index (χ0n) is 12.3. The van der Waals surface area contributed by atoms with Crippen molar-refractivity contribution >= 4 is 11.7 Å². The van der Waals surface area contributed by atoms with Crippen molar-refractivity contribution in [1.29, 1.82) is 0 Å². The van der Waals surface area contributed by atoms with Gasteiger partial charge in [0, 0.05) is 17.8 Å². The first kappa shape index (κ1) is 15.5. The van der Waals surface area contributed by atoms with Crippen molar-refractivity contribution in [2.24, 2.45) is 0 Å². The molecule has 0 heterocycles. The Morgan fingerprint density at radius 1 is 1.21 bits per heavy atom. The summed E-state index contributed by atoms with van der Waals surface area (Å²) in [6.45, 7) is 9.10. The highest BCUT2D eigenvalue weighted by atomic mass is 16.2. The van der Waals surface area contributed by atoms with E-state index in [2.05, 4.69) is 29.8 Å². The summed E-state index contributed by atoms with van der Waals surface area (Å²) in [5.41, 5.74) is 1.96. The molecule has 1 aromatic rings. The third-order valence-corrected chi connectivity index (χ3v) is 2.80. The van der Waals surface area contributed by atoms with Gasteiger partial charge in [0.25, 0.3) is 0 Å². The van der Waals surface area contributed by atoms with Gasteiger partial charge in [-0.05, 0) is 45.4 Å². The average Bonchev–Trinajstić information content (AvgIpc) is 2.35. The first-order chi connectivity index (χ1) is 9.04. The van der Waals surface area contributed by atoms with Crippen LogP contribution in [0.5, 0.6) is 0 Å². The molecule has 2 amide bonds. The minimum Gasteiger partial charge on any atom is -0.336 e. The average molecular weight is 263 g/mol. The molecule has 19 heavy (non-hydrogen) atoms. The van der Waals surface area contributed by atoms with E-state index in [-0.39, 0.29) is 18.1 Å². The summed E-state index contributed by atoms with van der Waals surface area (Å²) < 4.78 is 0. The Morgan fingerprint density at radius 2 is 1.89 bits per heavy atom. The van der Waals surface area contributed by atoms with E-state index in [4.69, 9.17) is 0 Å². The molecule has 106 valence electrons. The molecule has 4 nitrogen and oxygen atoms in total. The fourth-order valence-corrected chi connectivity index (χ4v) is 1.88. The summed E-state index contributed by atoms with van der Waals surface area (Å²) in [6.07, 6.45) is 1.09. The zero-order valence-corrected chi connectivity index (χ0v) is 12.3. The number of carbonyl (C=O) groups is 1. The van der Waals surface area contributed by atoms with Crippen LogP contribution in [0.4, 0.5) is 10.5 Å². The molecular formula is C15H25N3O. The maximum absolute atomic E-state index is 11.8. The van der Waals surface area contributed by atoms with Crippen molar-refractivity contribution < 1.29 is 4.79 Å². The number of urea groups is 1. The molecule has 0 fully saturated rings. The van der Waals surface area contributed by atoms with E-state index in [1.54, 1.807) is 0 Å². The largest absolute Gasteiger partial charge is 0.336 e. The molecule has 1 rings (SSSR count). The summed E-state index contributed by atoms with van der Waals surface area (Å²) in [5.74, 6) is 0. The van der Waals surface area contributed by atoms with Gasteiger partial charge >= 0.3 is 6.03 Å².